The van der Waals surface area contributed by atoms with E-state index in [9.17, 15) is 28.5 Å². The summed E-state index contributed by atoms with van der Waals surface area (Å²) in [5.41, 5.74) is -0.0323. The number of carbonyl (C=O) groups excluding carboxylic acids is 2. The molecule has 1 aromatic rings. The Labute approximate surface area is 142 Å². The van der Waals surface area contributed by atoms with Gasteiger partial charge in [-0.15, -0.1) is 0 Å². The molecule has 25 heavy (non-hydrogen) atoms. The van der Waals surface area contributed by atoms with Crippen LogP contribution in [0.1, 0.15) is 25.7 Å². The van der Waals surface area contributed by atoms with Crippen LogP contribution in [0.5, 0.6) is 0 Å². The molecular formula is C16H17F2N3O4. The molecule has 1 aliphatic heterocycles. The smallest absolute Gasteiger partial charge is 0.247 e. The molecule has 0 spiro atoms. The zero-order valence-corrected chi connectivity index (χ0v) is 13.3. The van der Waals surface area contributed by atoms with Gasteiger partial charge in [0.25, 0.3) is 0 Å². The topological polar surface area (TPSA) is 92.6 Å². The van der Waals surface area contributed by atoms with Gasteiger partial charge in [-0.05, 0) is 31.4 Å². The molecule has 0 radical (unpaired) electrons. The maximum Gasteiger partial charge on any atom is 0.247 e. The molecule has 3 atom stereocenters. The molecule has 2 fully saturated rings. The minimum atomic E-state index is -0.879. The van der Waals surface area contributed by atoms with Gasteiger partial charge in [0, 0.05) is 29.6 Å². The van der Waals surface area contributed by atoms with Crippen LogP contribution in [0, 0.1) is 27.7 Å². The van der Waals surface area contributed by atoms with Crippen LogP contribution in [-0.2, 0) is 9.59 Å². The van der Waals surface area contributed by atoms with Crippen LogP contribution in [-0.4, -0.2) is 40.3 Å². The average molecular weight is 353 g/mol. The Balaban J connectivity index is 1.71. The van der Waals surface area contributed by atoms with Crippen LogP contribution >= 0.6 is 0 Å². The minimum absolute atomic E-state index is 0.0323. The Bertz CT molecular complexity index is 707. The number of likely N-dealkylation sites (tertiary alicyclic amines) is 1. The van der Waals surface area contributed by atoms with E-state index in [0.29, 0.717) is 25.5 Å². The molecule has 0 aromatic heterocycles. The average Bonchev–Trinajstić information content (AvgIpc) is 3.34. The summed E-state index contributed by atoms with van der Waals surface area (Å²) in [6, 6.07) is 0.993. The van der Waals surface area contributed by atoms with Gasteiger partial charge in [-0.3, -0.25) is 19.7 Å². The standard InChI is InChI=1S/C16H17F2N3O4/c17-9-5-10(18)7-11(6-9)19-15(22)13-3-1-2-4-20(13)16(23)12-8-14(12)21(24)25/h5-7,12-14H,1-4,8H2,(H,19,22)/t12-,13-,14-/m0/s1. The summed E-state index contributed by atoms with van der Waals surface area (Å²) in [6.45, 7) is 0.343. The first-order valence-corrected chi connectivity index (χ1v) is 8.08. The molecule has 2 aliphatic rings. The summed E-state index contributed by atoms with van der Waals surface area (Å²) in [5, 5.41) is 13.2. The van der Waals surface area contributed by atoms with E-state index in [4.69, 9.17) is 0 Å². The largest absolute Gasteiger partial charge is 0.330 e. The highest BCUT2D eigenvalue weighted by Crippen LogP contribution is 2.36. The number of piperidine rings is 1. The maximum atomic E-state index is 13.2. The van der Waals surface area contributed by atoms with Gasteiger partial charge in [-0.2, -0.15) is 0 Å². The van der Waals surface area contributed by atoms with E-state index in [1.54, 1.807) is 0 Å². The first-order chi connectivity index (χ1) is 11.9. The lowest BCUT2D eigenvalue weighted by Gasteiger charge is -2.34. The second-order valence-electron chi connectivity index (χ2n) is 6.39. The maximum absolute atomic E-state index is 13.2. The Morgan fingerprint density at radius 1 is 1.20 bits per heavy atom. The Kier molecular flexibility index (Phi) is 4.65. The third-order valence-corrected chi connectivity index (χ3v) is 4.56. The summed E-state index contributed by atoms with van der Waals surface area (Å²) < 4.78 is 26.5. The Hall–Kier alpha value is -2.58. The van der Waals surface area contributed by atoms with E-state index >= 15 is 0 Å². The number of hydrogen-bond donors (Lipinski definition) is 1. The molecular weight excluding hydrogens is 336 g/mol. The van der Waals surface area contributed by atoms with Gasteiger partial charge in [0.05, 0.1) is 0 Å². The lowest BCUT2D eigenvalue weighted by Crippen LogP contribution is -2.51. The second kappa shape index (κ2) is 6.73. The van der Waals surface area contributed by atoms with Crippen LogP contribution in [0.4, 0.5) is 14.5 Å². The second-order valence-corrected chi connectivity index (χ2v) is 6.39. The fourth-order valence-corrected chi connectivity index (χ4v) is 3.21. The number of carbonyl (C=O) groups is 2. The van der Waals surface area contributed by atoms with Crippen LogP contribution in [0.2, 0.25) is 0 Å². The van der Waals surface area contributed by atoms with Crippen molar-refractivity contribution in [3.63, 3.8) is 0 Å². The van der Waals surface area contributed by atoms with Crippen molar-refractivity contribution in [3.05, 3.63) is 39.9 Å². The van der Waals surface area contributed by atoms with E-state index in [2.05, 4.69) is 5.32 Å². The Morgan fingerprint density at radius 3 is 2.48 bits per heavy atom. The van der Waals surface area contributed by atoms with Gasteiger partial charge in [-0.1, -0.05) is 0 Å². The number of nitrogens with zero attached hydrogens (tertiary/aromatic N) is 2. The summed E-state index contributed by atoms with van der Waals surface area (Å²) >= 11 is 0. The number of benzene rings is 1. The van der Waals surface area contributed by atoms with Gasteiger partial charge >= 0.3 is 0 Å². The zero-order chi connectivity index (χ0) is 18.1. The first kappa shape index (κ1) is 17.2. The molecule has 3 rings (SSSR count). The molecule has 1 aliphatic carbocycles. The van der Waals surface area contributed by atoms with Gasteiger partial charge < -0.3 is 10.2 Å². The van der Waals surface area contributed by atoms with E-state index in [0.717, 1.165) is 18.6 Å². The van der Waals surface area contributed by atoms with Crippen molar-refractivity contribution in [2.45, 2.75) is 37.8 Å². The molecule has 134 valence electrons. The number of hydrogen-bond acceptors (Lipinski definition) is 4. The molecule has 1 heterocycles. The Morgan fingerprint density at radius 2 is 1.88 bits per heavy atom. The van der Waals surface area contributed by atoms with Crippen molar-refractivity contribution >= 4 is 17.5 Å². The number of rotatable bonds is 4. The summed E-state index contributed by atoms with van der Waals surface area (Å²) in [5.74, 6) is -3.27. The number of nitro groups is 1. The van der Waals surface area contributed by atoms with E-state index < -0.39 is 46.4 Å². The molecule has 1 N–H and O–H groups in total. The molecule has 0 unspecified atom stereocenters. The van der Waals surface area contributed by atoms with Gasteiger partial charge in [0.2, 0.25) is 17.9 Å². The van der Waals surface area contributed by atoms with Crippen molar-refractivity contribution in [3.8, 4) is 0 Å². The molecule has 7 nitrogen and oxygen atoms in total. The summed E-state index contributed by atoms with van der Waals surface area (Å²) in [4.78, 5) is 36.6. The highest BCUT2D eigenvalue weighted by Gasteiger charge is 2.55. The van der Waals surface area contributed by atoms with Gasteiger partial charge in [-0.25, -0.2) is 8.78 Å². The highest BCUT2D eigenvalue weighted by atomic mass is 19.1. The molecule has 1 aromatic carbocycles. The molecule has 1 saturated carbocycles. The third kappa shape index (κ3) is 3.75. The van der Waals surface area contributed by atoms with Crippen molar-refractivity contribution in [2.24, 2.45) is 5.92 Å². The van der Waals surface area contributed by atoms with Crippen molar-refractivity contribution < 1.29 is 23.3 Å². The number of halogens is 2. The number of anilines is 1. The minimum Gasteiger partial charge on any atom is -0.330 e. The molecule has 1 saturated heterocycles. The van der Waals surface area contributed by atoms with E-state index in [1.807, 2.05) is 0 Å². The lowest BCUT2D eigenvalue weighted by molar-refractivity contribution is -0.497. The van der Waals surface area contributed by atoms with Crippen LogP contribution < -0.4 is 5.32 Å². The molecule has 2 amide bonds. The van der Waals surface area contributed by atoms with Gasteiger partial charge in [0.15, 0.2) is 0 Å². The predicted molar refractivity (Wildman–Crippen MR) is 83.2 cm³/mol. The van der Waals surface area contributed by atoms with Crippen LogP contribution in [0.25, 0.3) is 0 Å². The van der Waals surface area contributed by atoms with Crippen molar-refractivity contribution in [1.82, 2.24) is 4.90 Å². The quantitative estimate of drug-likeness (QED) is 0.661. The summed E-state index contributed by atoms with van der Waals surface area (Å²) in [7, 11) is 0. The van der Waals surface area contributed by atoms with E-state index in [-0.39, 0.29) is 12.1 Å². The fourth-order valence-electron chi connectivity index (χ4n) is 3.21. The molecule has 9 heteroatoms. The summed E-state index contributed by atoms with van der Waals surface area (Å²) in [6.07, 6.45) is 2.03. The normalized spacial score (nSPS) is 25.4. The highest BCUT2D eigenvalue weighted by molar-refractivity contribution is 5.98. The fraction of sp³-hybridized carbons (Fsp3) is 0.500. The van der Waals surface area contributed by atoms with Gasteiger partial charge in [0.1, 0.15) is 23.6 Å². The molecule has 0 bridgehead atoms. The van der Waals surface area contributed by atoms with Crippen molar-refractivity contribution in [2.75, 3.05) is 11.9 Å². The van der Waals surface area contributed by atoms with E-state index in [1.165, 1.54) is 4.90 Å². The number of amides is 2. The van der Waals surface area contributed by atoms with Crippen molar-refractivity contribution in [1.29, 1.82) is 0 Å². The third-order valence-electron chi connectivity index (χ3n) is 4.56. The number of nitrogens with one attached hydrogen (secondary N) is 1. The lowest BCUT2D eigenvalue weighted by atomic mass is 10.0. The van der Waals surface area contributed by atoms with Crippen LogP contribution in [0.15, 0.2) is 18.2 Å². The predicted octanol–water partition coefficient (Wildman–Crippen LogP) is 1.95. The zero-order valence-electron chi connectivity index (χ0n) is 13.3. The first-order valence-electron chi connectivity index (χ1n) is 8.08. The monoisotopic (exact) mass is 353 g/mol. The van der Waals surface area contributed by atoms with Crippen LogP contribution in [0.3, 0.4) is 0 Å². The SMILES string of the molecule is O=C(Nc1cc(F)cc(F)c1)[C@@H]1CCCCN1C(=O)[C@H]1C[C@@H]1[N+](=O)[O-].